The maximum Gasteiger partial charge on any atom is 0.266 e. The van der Waals surface area contributed by atoms with Crippen LogP contribution in [0.25, 0.3) is 0 Å². The summed E-state index contributed by atoms with van der Waals surface area (Å²) in [6.07, 6.45) is 0. The Kier molecular flexibility index (Phi) is 3.66. The first-order valence-corrected chi connectivity index (χ1v) is 5.93. The number of hydrogen-bond acceptors (Lipinski definition) is 8. The number of hydrogen-bond donors (Lipinski definition) is 2. The molecule has 0 fully saturated rings. The fourth-order valence-electron chi connectivity index (χ4n) is 1.34. The summed E-state index contributed by atoms with van der Waals surface area (Å²) in [4.78, 5) is 30.6. The Labute approximate surface area is 111 Å². The number of methoxy groups -OCH3 is 1. The number of rotatable bonds is 4. The van der Waals surface area contributed by atoms with Crippen molar-refractivity contribution in [3.05, 3.63) is 27.3 Å². The number of amides is 1. The molecular weight excluding hydrogens is 270 g/mol. The number of nitrogens with zero attached hydrogens (tertiary/aromatic N) is 3. The van der Waals surface area contributed by atoms with Crippen LogP contribution in [0.1, 0.15) is 9.67 Å². The quantitative estimate of drug-likeness (QED) is 0.823. The van der Waals surface area contributed by atoms with Crippen molar-refractivity contribution in [3.63, 3.8) is 0 Å². The molecule has 0 aliphatic heterocycles. The van der Waals surface area contributed by atoms with Crippen molar-refractivity contribution in [2.75, 3.05) is 18.2 Å². The summed E-state index contributed by atoms with van der Waals surface area (Å²) in [5.74, 6) is -0.729. The molecule has 0 aliphatic carbocycles. The van der Waals surface area contributed by atoms with Crippen LogP contribution < -0.4 is 15.8 Å². The molecule has 8 nitrogen and oxygen atoms in total. The van der Waals surface area contributed by atoms with E-state index < -0.39 is 5.91 Å². The van der Waals surface area contributed by atoms with Gasteiger partial charge >= 0.3 is 0 Å². The van der Waals surface area contributed by atoms with Gasteiger partial charge in [0.2, 0.25) is 11.6 Å². The molecule has 2 rings (SSSR count). The van der Waals surface area contributed by atoms with Gasteiger partial charge in [-0.05, 0) is 16.6 Å². The van der Waals surface area contributed by atoms with E-state index >= 15 is 0 Å². The second kappa shape index (κ2) is 5.40. The minimum atomic E-state index is -0.417. The Morgan fingerprint density at radius 1 is 1.53 bits per heavy atom. The van der Waals surface area contributed by atoms with Crippen molar-refractivity contribution in [2.24, 2.45) is 5.18 Å². The molecule has 2 aromatic rings. The van der Waals surface area contributed by atoms with Crippen LogP contribution >= 0.6 is 11.3 Å². The summed E-state index contributed by atoms with van der Waals surface area (Å²) < 4.78 is 4.86. The number of ether oxygens (including phenoxy) is 1. The van der Waals surface area contributed by atoms with Gasteiger partial charge in [0, 0.05) is 0 Å². The summed E-state index contributed by atoms with van der Waals surface area (Å²) in [6.45, 7) is 0. The Morgan fingerprint density at radius 2 is 2.32 bits per heavy atom. The van der Waals surface area contributed by atoms with Gasteiger partial charge in [-0.3, -0.25) is 4.79 Å². The standard InChI is InChI=1S/C10H9N5O3S/c1-18-9-6(15-17)7(13-10(11)14-9)12-8(16)5-3-2-4-19-5/h2-4H,1H3,(H3,11,12,13,14,16). The van der Waals surface area contributed by atoms with Crippen LogP contribution in [0.3, 0.4) is 0 Å². The summed E-state index contributed by atoms with van der Waals surface area (Å²) in [5.41, 5.74) is 5.25. The smallest absolute Gasteiger partial charge is 0.266 e. The molecule has 2 heterocycles. The van der Waals surface area contributed by atoms with Gasteiger partial charge in [0.1, 0.15) is 0 Å². The van der Waals surface area contributed by atoms with Crippen molar-refractivity contribution in [3.8, 4) is 5.88 Å². The largest absolute Gasteiger partial charge is 0.479 e. The monoisotopic (exact) mass is 279 g/mol. The molecule has 0 unspecified atom stereocenters. The van der Waals surface area contributed by atoms with Crippen LogP contribution in [0.4, 0.5) is 17.5 Å². The second-order valence-corrected chi connectivity index (χ2v) is 4.26. The highest BCUT2D eigenvalue weighted by Gasteiger charge is 2.18. The number of nitrogens with one attached hydrogen (secondary N) is 1. The molecule has 0 atom stereocenters. The Hall–Kier alpha value is -2.55. The molecular formula is C10H9N5O3S. The highest BCUT2D eigenvalue weighted by molar-refractivity contribution is 7.12. The fourth-order valence-corrected chi connectivity index (χ4v) is 1.96. The van der Waals surface area contributed by atoms with Crippen LogP contribution in [0.15, 0.2) is 22.7 Å². The predicted molar refractivity (Wildman–Crippen MR) is 70.7 cm³/mol. The molecule has 0 aromatic carbocycles. The van der Waals surface area contributed by atoms with Crippen LogP contribution in [0.2, 0.25) is 0 Å². The Bertz CT molecular complexity index is 614. The molecule has 0 saturated carbocycles. The van der Waals surface area contributed by atoms with Gasteiger partial charge in [0.15, 0.2) is 5.82 Å². The highest BCUT2D eigenvalue weighted by Crippen LogP contribution is 2.33. The lowest BCUT2D eigenvalue weighted by Gasteiger charge is -2.08. The minimum absolute atomic E-state index is 0.0854. The molecule has 19 heavy (non-hydrogen) atoms. The van der Waals surface area contributed by atoms with E-state index in [-0.39, 0.29) is 23.3 Å². The van der Waals surface area contributed by atoms with Crippen LogP contribution in [-0.2, 0) is 0 Å². The summed E-state index contributed by atoms with van der Waals surface area (Å²) >= 11 is 1.25. The van der Waals surface area contributed by atoms with Crippen molar-refractivity contribution < 1.29 is 9.53 Å². The van der Waals surface area contributed by atoms with Crippen molar-refractivity contribution >= 4 is 34.7 Å². The van der Waals surface area contributed by atoms with Crippen LogP contribution in [0.5, 0.6) is 5.88 Å². The average Bonchev–Trinajstić information content (AvgIpc) is 2.92. The third kappa shape index (κ3) is 2.65. The topological polar surface area (TPSA) is 120 Å². The van der Waals surface area contributed by atoms with Crippen molar-refractivity contribution in [2.45, 2.75) is 0 Å². The van der Waals surface area contributed by atoms with E-state index in [0.29, 0.717) is 4.88 Å². The first-order valence-electron chi connectivity index (χ1n) is 5.05. The number of aromatic nitrogens is 2. The van der Waals surface area contributed by atoms with E-state index in [1.165, 1.54) is 18.4 Å². The minimum Gasteiger partial charge on any atom is -0.479 e. The third-order valence-corrected chi connectivity index (χ3v) is 3.00. The molecule has 0 bridgehead atoms. The number of nitrogen functional groups attached to an aromatic ring is 1. The summed E-state index contributed by atoms with van der Waals surface area (Å²) in [6, 6.07) is 3.36. The molecule has 0 aliphatic rings. The Balaban J connectivity index is 2.36. The van der Waals surface area contributed by atoms with Gasteiger partial charge in [-0.2, -0.15) is 9.97 Å². The van der Waals surface area contributed by atoms with Crippen LogP contribution in [0, 0.1) is 4.91 Å². The zero-order chi connectivity index (χ0) is 13.8. The molecule has 1 amide bonds. The van der Waals surface area contributed by atoms with E-state index in [2.05, 4.69) is 20.5 Å². The van der Waals surface area contributed by atoms with E-state index in [0.717, 1.165) is 0 Å². The van der Waals surface area contributed by atoms with Gasteiger partial charge in [-0.25, -0.2) is 0 Å². The molecule has 0 spiro atoms. The number of nitrogens with two attached hydrogens (primary N) is 1. The van der Waals surface area contributed by atoms with E-state index in [4.69, 9.17) is 10.5 Å². The number of thiophene rings is 1. The van der Waals surface area contributed by atoms with Crippen LogP contribution in [-0.4, -0.2) is 23.0 Å². The number of anilines is 2. The average molecular weight is 279 g/mol. The highest BCUT2D eigenvalue weighted by atomic mass is 32.1. The molecule has 9 heteroatoms. The van der Waals surface area contributed by atoms with Gasteiger partial charge in [0.05, 0.1) is 12.0 Å². The zero-order valence-corrected chi connectivity index (χ0v) is 10.6. The molecule has 0 saturated heterocycles. The Morgan fingerprint density at radius 3 is 2.89 bits per heavy atom. The molecule has 2 aromatic heterocycles. The summed E-state index contributed by atoms with van der Waals surface area (Å²) in [5, 5.41) is 6.95. The van der Waals surface area contributed by atoms with E-state index in [1.807, 2.05) is 0 Å². The van der Waals surface area contributed by atoms with Gasteiger partial charge < -0.3 is 15.8 Å². The lowest BCUT2D eigenvalue weighted by atomic mass is 10.4. The number of carbonyl (C=O) groups excluding carboxylic acids is 1. The summed E-state index contributed by atoms with van der Waals surface area (Å²) in [7, 11) is 1.31. The van der Waals surface area contributed by atoms with E-state index in [9.17, 15) is 9.70 Å². The lowest BCUT2D eigenvalue weighted by molar-refractivity contribution is 0.103. The van der Waals surface area contributed by atoms with Crippen molar-refractivity contribution in [1.29, 1.82) is 0 Å². The maximum absolute atomic E-state index is 11.9. The third-order valence-electron chi connectivity index (χ3n) is 2.13. The molecule has 98 valence electrons. The molecule has 3 N–H and O–H groups in total. The predicted octanol–water partition coefficient (Wildman–Crippen LogP) is 1.78. The maximum atomic E-state index is 11.9. The fraction of sp³-hybridized carbons (Fsp3) is 0.100. The SMILES string of the molecule is COc1nc(N)nc(NC(=O)c2cccs2)c1N=O. The van der Waals surface area contributed by atoms with Gasteiger partial charge in [-0.15, -0.1) is 16.2 Å². The molecule has 0 radical (unpaired) electrons. The number of carbonyl (C=O) groups is 1. The van der Waals surface area contributed by atoms with Gasteiger partial charge in [-0.1, -0.05) is 6.07 Å². The van der Waals surface area contributed by atoms with Gasteiger partial charge in [0.25, 0.3) is 11.8 Å². The zero-order valence-electron chi connectivity index (χ0n) is 9.78. The van der Waals surface area contributed by atoms with Crippen molar-refractivity contribution in [1.82, 2.24) is 9.97 Å². The normalized spacial score (nSPS) is 9.95. The van der Waals surface area contributed by atoms with E-state index in [1.54, 1.807) is 17.5 Å². The number of nitroso groups, excluding NO2 is 1. The second-order valence-electron chi connectivity index (χ2n) is 3.31. The lowest BCUT2D eigenvalue weighted by Crippen LogP contribution is -2.13. The first kappa shape index (κ1) is 12.9. The first-order chi connectivity index (χ1) is 9.15.